The number of aliphatic hydroxyl groups is 1. The van der Waals surface area contributed by atoms with Crippen LogP contribution >= 0.6 is 0 Å². The zero-order valence-corrected chi connectivity index (χ0v) is 19.2. The first-order valence-corrected chi connectivity index (χ1v) is 10.8. The summed E-state index contributed by atoms with van der Waals surface area (Å²) in [5, 5.41) is 35.2. The lowest BCUT2D eigenvalue weighted by atomic mass is 10.0. The minimum Gasteiger partial charge on any atom is -0.481 e. The van der Waals surface area contributed by atoms with Gasteiger partial charge in [0, 0.05) is 6.42 Å². The predicted molar refractivity (Wildman–Crippen MR) is 118 cm³/mol. The van der Waals surface area contributed by atoms with Crippen LogP contribution in [-0.4, -0.2) is 81.8 Å². The molecule has 0 saturated heterocycles. The maximum Gasteiger partial charge on any atom is 0.326 e. The van der Waals surface area contributed by atoms with Crippen molar-refractivity contribution in [2.45, 2.75) is 83.1 Å². The van der Waals surface area contributed by atoms with Crippen molar-refractivity contribution in [3.05, 3.63) is 0 Å². The molecule has 0 rings (SSSR count). The fourth-order valence-corrected chi connectivity index (χ4v) is 2.78. The number of carbonyl (C=O) groups is 5. The zero-order valence-electron chi connectivity index (χ0n) is 19.2. The van der Waals surface area contributed by atoms with E-state index in [0.29, 0.717) is 19.4 Å². The van der Waals surface area contributed by atoms with Crippen LogP contribution in [0.1, 0.15) is 52.9 Å². The molecule has 190 valence electrons. The van der Waals surface area contributed by atoms with Crippen molar-refractivity contribution >= 4 is 29.7 Å². The third kappa shape index (κ3) is 11.6. The van der Waals surface area contributed by atoms with Crippen LogP contribution in [0, 0.1) is 5.92 Å². The van der Waals surface area contributed by atoms with Gasteiger partial charge < -0.3 is 42.7 Å². The number of amides is 3. The minimum absolute atomic E-state index is 0.100. The third-order valence-corrected chi connectivity index (χ3v) is 4.92. The number of carboxylic acids is 2. The molecule has 0 bridgehead atoms. The van der Waals surface area contributed by atoms with Gasteiger partial charge in [0.2, 0.25) is 17.7 Å². The second-order valence-electron chi connectivity index (χ2n) is 8.17. The van der Waals surface area contributed by atoms with Crippen molar-refractivity contribution in [1.82, 2.24) is 16.0 Å². The van der Waals surface area contributed by atoms with Gasteiger partial charge in [-0.25, -0.2) is 4.79 Å². The fourth-order valence-electron chi connectivity index (χ4n) is 2.78. The summed E-state index contributed by atoms with van der Waals surface area (Å²) in [5.74, 6) is -5.29. The molecule has 0 aliphatic rings. The summed E-state index contributed by atoms with van der Waals surface area (Å²) < 4.78 is 0. The number of aliphatic carboxylic acids is 2. The van der Waals surface area contributed by atoms with Crippen molar-refractivity contribution in [2.75, 3.05) is 6.54 Å². The van der Waals surface area contributed by atoms with E-state index in [-0.39, 0.29) is 18.8 Å². The molecule has 0 aromatic heterocycles. The molecule has 3 amide bonds. The third-order valence-electron chi connectivity index (χ3n) is 4.92. The van der Waals surface area contributed by atoms with Gasteiger partial charge in [0.25, 0.3) is 0 Å². The Morgan fingerprint density at radius 1 is 0.818 bits per heavy atom. The smallest absolute Gasteiger partial charge is 0.326 e. The Balaban J connectivity index is 5.43. The van der Waals surface area contributed by atoms with Gasteiger partial charge in [0.1, 0.15) is 18.1 Å². The topological polar surface area (TPSA) is 234 Å². The first-order valence-electron chi connectivity index (χ1n) is 10.8. The summed E-state index contributed by atoms with van der Waals surface area (Å²) in [6.45, 7) is 4.96. The van der Waals surface area contributed by atoms with Gasteiger partial charge in [-0.2, -0.15) is 0 Å². The predicted octanol–water partition coefficient (Wildman–Crippen LogP) is -2.12. The molecule has 33 heavy (non-hydrogen) atoms. The number of hydrogen-bond donors (Lipinski definition) is 8. The van der Waals surface area contributed by atoms with Crippen LogP contribution in [0.3, 0.4) is 0 Å². The van der Waals surface area contributed by atoms with Crippen molar-refractivity contribution < 1.29 is 39.3 Å². The average Bonchev–Trinajstić information content (AvgIpc) is 2.72. The highest BCUT2D eigenvalue weighted by atomic mass is 16.4. The summed E-state index contributed by atoms with van der Waals surface area (Å²) in [6, 6.07) is -5.09. The van der Waals surface area contributed by atoms with Crippen molar-refractivity contribution in [3.8, 4) is 0 Å². The lowest BCUT2D eigenvalue weighted by Crippen LogP contribution is -2.60. The number of nitrogens with one attached hydrogen (secondary N) is 3. The van der Waals surface area contributed by atoms with E-state index >= 15 is 0 Å². The van der Waals surface area contributed by atoms with E-state index in [1.54, 1.807) is 13.8 Å². The summed E-state index contributed by atoms with van der Waals surface area (Å²) in [6.07, 6.45) is -1.06. The second kappa shape index (κ2) is 15.1. The number of nitrogens with two attached hydrogens (primary N) is 2. The summed E-state index contributed by atoms with van der Waals surface area (Å²) in [7, 11) is 0. The molecule has 0 saturated carbocycles. The van der Waals surface area contributed by atoms with Gasteiger partial charge in [-0.05, 0) is 45.1 Å². The molecule has 13 heteroatoms. The Morgan fingerprint density at radius 2 is 1.39 bits per heavy atom. The standard InChI is InChI=1S/C20H37N5O8/c1-10(2)15(22)18(30)23-12(7-8-14(27)28)17(29)25-16(11(3)26)19(31)24-13(20(32)33)6-4-5-9-21/h10-13,15-16,26H,4-9,21-22H2,1-3H3,(H,23,30)(H,24,31)(H,25,29)(H,27,28)(H,32,33). The van der Waals surface area contributed by atoms with E-state index in [4.69, 9.17) is 16.6 Å². The Morgan fingerprint density at radius 3 is 1.85 bits per heavy atom. The van der Waals surface area contributed by atoms with Gasteiger partial charge in [0.15, 0.2) is 0 Å². The number of carboxylic acid groups (broad SMARTS) is 2. The summed E-state index contributed by atoms with van der Waals surface area (Å²) >= 11 is 0. The minimum atomic E-state index is -1.54. The lowest BCUT2D eigenvalue weighted by Gasteiger charge is -2.26. The van der Waals surface area contributed by atoms with Crippen LogP contribution in [0.15, 0.2) is 0 Å². The molecular weight excluding hydrogens is 438 g/mol. The van der Waals surface area contributed by atoms with Crippen LogP contribution in [0.4, 0.5) is 0 Å². The van der Waals surface area contributed by atoms with Crippen molar-refractivity contribution in [1.29, 1.82) is 0 Å². The maximum absolute atomic E-state index is 12.8. The van der Waals surface area contributed by atoms with Crippen molar-refractivity contribution in [2.24, 2.45) is 17.4 Å². The highest BCUT2D eigenvalue weighted by Gasteiger charge is 2.33. The molecule has 5 unspecified atom stereocenters. The number of unbranched alkanes of at least 4 members (excludes halogenated alkanes) is 1. The first-order chi connectivity index (χ1) is 15.3. The number of aliphatic hydroxyl groups excluding tert-OH is 1. The molecule has 0 fully saturated rings. The highest BCUT2D eigenvalue weighted by Crippen LogP contribution is 2.06. The molecule has 10 N–H and O–H groups in total. The molecule has 0 spiro atoms. The number of rotatable bonds is 16. The maximum atomic E-state index is 12.8. The van der Waals surface area contributed by atoms with Crippen LogP contribution in [0.25, 0.3) is 0 Å². The van der Waals surface area contributed by atoms with Gasteiger partial charge in [-0.3, -0.25) is 19.2 Å². The Hall–Kier alpha value is -2.77. The van der Waals surface area contributed by atoms with Crippen LogP contribution in [-0.2, 0) is 24.0 Å². The molecule has 5 atom stereocenters. The molecule has 0 aliphatic carbocycles. The largest absolute Gasteiger partial charge is 0.481 e. The van der Waals surface area contributed by atoms with Gasteiger partial charge >= 0.3 is 11.9 Å². The van der Waals surface area contributed by atoms with E-state index in [2.05, 4.69) is 16.0 Å². The molecule has 0 radical (unpaired) electrons. The van der Waals surface area contributed by atoms with Gasteiger partial charge in [-0.1, -0.05) is 13.8 Å². The number of carbonyl (C=O) groups excluding carboxylic acids is 3. The average molecular weight is 476 g/mol. The molecule has 0 aromatic carbocycles. The van der Waals surface area contributed by atoms with Crippen molar-refractivity contribution in [3.63, 3.8) is 0 Å². The molecule has 0 aliphatic heterocycles. The second-order valence-corrected chi connectivity index (χ2v) is 8.17. The molecule has 0 aromatic rings. The van der Waals surface area contributed by atoms with E-state index in [1.165, 1.54) is 6.92 Å². The SMILES string of the molecule is CC(C)C(N)C(=O)NC(CCC(=O)O)C(=O)NC(C(=O)NC(CCCCN)C(=O)O)C(C)O. The summed E-state index contributed by atoms with van der Waals surface area (Å²) in [4.78, 5) is 60.0. The molecule has 13 nitrogen and oxygen atoms in total. The highest BCUT2D eigenvalue weighted by molar-refractivity contribution is 5.94. The number of hydrogen-bond acceptors (Lipinski definition) is 8. The van der Waals surface area contributed by atoms with Crippen LogP contribution in [0.5, 0.6) is 0 Å². The van der Waals surface area contributed by atoms with E-state index in [1.807, 2.05) is 0 Å². The van der Waals surface area contributed by atoms with E-state index in [0.717, 1.165) is 0 Å². The monoisotopic (exact) mass is 475 g/mol. The Labute approximate surface area is 192 Å². The van der Waals surface area contributed by atoms with Gasteiger partial charge in [-0.15, -0.1) is 0 Å². The Bertz CT molecular complexity index is 685. The molecule has 0 heterocycles. The zero-order chi connectivity index (χ0) is 25.7. The Kier molecular flexibility index (Phi) is 13.9. The van der Waals surface area contributed by atoms with E-state index < -0.39 is 66.4 Å². The summed E-state index contributed by atoms with van der Waals surface area (Å²) in [5.41, 5.74) is 11.2. The lowest BCUT2D eigenvalue weighted by molar-refractivity contribution is -0.143. The first kappa shape index (κ1) is 30.2. The molecular formula is C20H37N5O8. The van der Waals surface area contributed by atoms with Crippen LogP contribution in [0.2, 0.25) is 0 Å². The van der Waals surface area contributed by atoms with Gasteiger partial charge in [0.05, 0.1) is 12.1 Å². The van der Waals surface area contributed by atoms with E-state index in [9.17, 15) is 34.2 Å². The quantitative estimate of drug-likeness (QED) is 0.113. The normalized spacial score (nSPS) is 15.6. The fraction of sp³-hybridized carbons (Fsp3) is 0.750. The van der Waals surface area contributed by atoms with Crippen LogP contribution < -0.4 is 27.4 Å².